The summed E-state index contributed by atoms with van der Waals surface area (Å²) in [4.78, 5) is 69.8. The maximum atomic E-state index is 13.7. The van der Waals surface area contributed by atoms with E-state index in [2.05, 4.69) is 26.3 Å². The predicted molar refractivity (Wildman–Crippen MR) is 156 cm³/mol. The van der Waals surface area contributed by atoms with Crippen molar-refractivity contribution in [3.63, 3.8) is 0 Å². The Morgan fingerprint density at radius 1 is 1.02 bits per heavy atom. The number of ketones is 1. The second-order valence-corrected chi connectivity index (χ2v) is 11.6. The van der Waals surface area contributed by atoms with Crippen LogP contribution in [0.2, 0.25) is 0 Å². The summed E-state index contributed by atoms with van der Waals surface area (Å²) in [6.45, 7) is 5.51. The first-order chi connectivity index (χ1) is 20.1. The van der Waals surface area contributed by atoms with E-state index in [1.807, 2.05) is 44.2 Å². The summed E-state index contributed by atoms with van der Waals surface area (Å²) in [5.41, 5.74) is 0.941. The highest BCUT2D eigenvalue weighted by atomic mass is 32.1. The molecule has 4 amide bonds. The standard InChI is InChI=1S/C30H35N5O6S/c1-17(2)25-30-34-22(16-41-30)26(37)31-14-8-7-11-20(32-29(40)24-13-12-23(42-24)18(3)36)27(38)33-21(28(39)35-25)15-19-9-5-4-6-10-19/h4-6,9-10,12-13,16-17,20-21,25H,7-8,11,14-15H2,1-3H3,(H,31,37)(H,32,40)(H,33,38)(H,35,39)/t20-,21-,25-/m0/s1. The molecule has 12 heteroatoms. The van der Waals surface area contributed by atoms with Crippen molar-refractivity contribution in [2.24, 2.45) is 5.92 Å². The van der Waals surface area contributed by atoms with Crippen LogP contribution in [0, 0.1) is 5.92 Å². The Bertz CT molecular complexity index is 1430. The van der Waals surface area contributed by atoms with E-state index in [9.17, 15) is 24.0 Å². The summed E-state index contributed by atoms with van der Waals surface area (Å²) in [5.74, 6) is -1.99. The minimum absolute atomic E-state index is 0.108. The van der Waals surface area contributed by atoms with Crippen LogP contribution in [-0.4, -0.2) is 53.0 Å². The average molecular weight is 594 g/mol. The molecule has 0 fully saturated rings. The number of rotatable bonds is 6. The van der Waals surface area contributed by atoms with Crippen LogP contribution in [0.4, 0.5) is 0 Å². The van der Waals surface area contributed by atoms with E-state index in [-0.39, 0.29) is 36.1 Å². The minimum Gasteiger partial charge on any atom is -0.446 e. The number of carbonyl (C=O) groups excluding carboxylic acids is 5. The van der Waals surface area contributed by atoms with Gasteiger partial charge in [0.25, 0.3) is 11.8 Å². The van der Waals surface area contributed by atoms with E-state index in [4.69, 9.17) is 4.42 Å². The largest absolute Gasteiger partial charge is 0.446 e. The summed E-state index contributed by atoms with van der Waals surface area (Å²) in [5, 5.41) is 11.4. The van der Waals surface area contributed by atoms with Crippen molar-refractivity contribution < 1.29 is 28.4 Å². The molecule has 3 atom stereocenters. The molecule has 1 aliphatic rings. The second kappa shape index (κ2) is 14.0. The smallest absolute Gasteiger partial charge is 0.273 e. The number of Topliss-reactive ketones (excluding diaryl/α,β-unsaturated/α-hetero) is 1. The zero-order valence-electron chi connectivity index (χ0n) is 23.8. The lowest BCUT2D eigenvalue weighted by atomic mass is 10.0. The number of benzene rings is 1. The monoisotopic (exact) mass is 593 g/mol. The molecule has 0 unspecified atom stereocenters. The van der Waals surface area contributed by atoms with Gasteiger partial charge in [-0.15, -0.1) is 11.3 Å². The Balaban J connectivity index is 1.62. The molecular weight excluding hydrogens is 558 g/mol. The number of hydrogen-bond acceptors (Lipinski definition) is 8. The molecule has 2 aromatic heterocycles. The Hall–Kier alpha value is -4.32. The fourth-order valence-electron chi connectivity index (χ4n) is 4.55. The summed E-state index contributed by atoms with van der Waals surface area (Å²) in [6.07, 6.45) is 2.76. The van der Waals surface area contributed by atoms with E-state index < -0.39 is 41.8 Å². The summed E-state index contributed by atoms with van der Waals surface area (Å²) in [6, 6.07) is 9.81. The van der Waals surface area contributed by atoms with Gasteiger partial charge < -0.3 is 25.7 Å². The van der Waals surface area contributed by atoms with Crippen LogP contribution in [-0.2, 0) is 16.0 Å². The highest BCUT2D eigenvalue weighted by Gasteiger charge is 2.31. The van der Waals surface area contributed by atoms with Gasteiger partial charge in [-0.05, 0) is 49.8 Å². The molecule has 0 radical (unpaired) electrons. The topological polar surface area (TPSA) is 160 Å². The van der Waals surface area contributed by atoms with Gasteiger partial charge in [0.1, 0.15) is 24.4 Å². The Morgan fingerprint density at radius 3 is 2.45 bits per heavy atom. The molecule has 1 aromatic carbocycles. The van der Waals surface area contributed by atoms with Gasteiger partial charge in [-0.2, -0.15) is 0 Å². The molecule has 11 nitrogen and oxygen atoms in total. The summed E-state index contributed by atoms with van der Waals surface area (Å²) < 4.78 is 5.59. The van der Waals surface area contributed by atoms with Crippen molar-refractivity contribution in [1.82, 2.24) is 26.3 Å². The van der Waals surface area contributed by atoms with Crippen molar-refractivity contribution in [3.8, 4) is 0 Å². The quantitative estimate of drug-likeness (QED) is 0.319. The zero-order chi connectivity index (χ0) is 30.2. The van der Waals surface area contributed by atoms with Crippen molar-refractivity contribution in [1.29, 1.82) is 0 Å². The van der Waals surface area contributed by atoms with E-state index in [0.717, 1.165) is 16.9 Å². The maximum Gasteiger partial charge on any atom is 0.273 e. The normalized spacial score (nSPS) is 20.4. The molecule has 4 N–H and O–H groups in total. The van der Waals surface area contributed by atoms with Crippen LogP contribution in [0.15, 0.2) is 53.1 Å². The number of nitrogens with one attached hydrogen (secondary N) is 4. The van der Waals surface area contributed by atoms with Gasteiger partial charge in [0.15, 0.2) is 11.5 Å². The third-order valence-corrected chi connectivity index (χ3v) is 8.09. The molecule has 1 aliphatic heterocycles. The molecule has 3 heterocycles. The van der Waals surface area contributed by atoms with Gasteiger partial charge in [0.2, 0.25) is 17.7 Å². The lowest BCUT2D eigenvalue weighted by molar-refractivity contribution is -0.130. The van der Waals surface area contributed by atoms with Gasteiger partial charge in [0.05, 0.1) is 9.75 Å². The molecule has 0 saturated carbocycles. The Kier molecular flexibility index (Phi) is 10.2. The zero-order valence-corrected chi connectivity index (χ0v) is 24.6. The third kappa shape index (κ3) is 7.90. The fraction of sp³-hybridized carbons (Fsp3) is 0.400. The Labute approximate surface area is 247 Å². The first-order valence-corrected chi connectivity index (χ1v) is 14.7. The lowest BCUT2D eigenvalue weighted by Crippen LogP contribution is -2.55. The van der Waals surface area contributed by atoms with Gasteiger partial charge in [0, 0.05) is 13.0 Å². The van der Waals surface area contributed by atoms with E-state index in [0.29, 0.717) is 29.1 Å². The van der Waals surface area contributed by atoms with E-state index in [1.165, 1.54) is 13.2 Å². The van der Waals surface area contributed by atoms with E-state index >= 15 is 0 Å². The molecular formula is C30H35N5O6S. The number of carbonyl (C=O) groups is 5. The average Bonchev–Trinajstić information content (AvgIpc) is 3.65. The number of nitrogens with zero attached hydrogens (tertiary/aromatic N) is 1. The molecule has 4 rings (SSSR count). The molecule has 0 aliphatic carbocycles. The van der Waals surface area contributed by atoms with E-state index in [1.54, 1.807) is 12.1 Å². The highest BCUT2D eigenvalue weighted by Crippen LogP contribution is 2.22. The number of amides is 4. The van der Waals surface area contributed by atoms with Crippen LogP contribution < -0.4 is 21.3 Å². The number of hydrogen-bond donors (Lipinski definition) is 4. The SMILES string of the molecule is CC(=O)c1ccc(C(=O)N[C@H]2CCCCNC(=O)c3coc(n3)[C@H](C(C)C)NC(=O)[C@H](Cc3ccccc3)NC2=O)s1. The second-order valence-electron chi connectivity index (χ2n) is 10.5. The molecule has 0 spiro atoms. The molecule has 222 valence electrons. The maximum absolute atomic E-state index is 13.7. The van der Waals surface area contributed by atoms with Gasteiger partial charge >= 0.3 is 0 Å². The van der Waals surface area contributed by atoms with Gasteiger partial charge in [-0.3, -0.25) is 24.0 Å². The van der Waals surface area contributed by atoms with Crippen molar-refractivity contribution in [2.75, 3.05) is 6.54 Å². The molecule has 3 aromatic rings. The van der Waals surface area contributed by atoms with Gasteiger partial charge in [-0.1, -0.05) is 44.2 Å². The fourth-order valence-corrected chi connectivity index (χ4v) is 5.35. The van der Waals surface area contributed by atoms with Crippen molar-refractivity contribution >= 4 is 40.7 Å². The van der Waals surface area contributed by atoms with Gasteiger partial charge in [-0.25, -0.2) is 4.98 Å². The first kappa shape index (κ1) is 30.6. The number of thiophene rings is 1. The molecule has 42 heavy (non-hydrogen) atoms. The van der Waals surface area contributed by atoms with Crippen LogP contribution >= 0.6 is 11.3 Å². The van der Waals surface area contributed by atoms with Crippen molar-refractivity contribution in [3.05, 3.63) is 75.6 Å². The van der Waals surface area contributed by atoms with Crippen molar-refractivity contribution in [2.45, 2.75) is 64.6 Å². The number of aromatic nitrogens is 1. The van der Waals surface area contributed by atoms with Crippen LogP contribution in [0.5, 0.6) is 0 Å². The Morgan fingerprint density at radius 2 is 1.76 bits per heavy atom. The summed E-state index contributed by atoms with van der Waals surface area (Å²) >= 11 is 1.05. The van der Waals surface area contributed by atoms with Crippen LogP contribution in [0.3, 0.4) is 0 Å². The van der Waals surface area contributed by atoms with Crippen LogP contribution in [0.25, 0.3) is 0 Å². The molecule has 0 saturated heterocycles. The molecule has 2 bridgehead atoms. The first-order valence-electron chi connectivity index (χ1n) is 13.9. The summed E-state index contributed by atoms with van der Waals surface area (Å²) in [7, 11) is 0. The van der Waals surface area contributed by atoms with Crippen LogP contribution in [0.1, 0.15) is 87.4 Å². The third-order valence-electron chi connectivity index (χ3n) is 6.90. The highest BCUT2D eigenvalue weighted by molar-refractivity contribution is 7.16. The number of oxazole rings is 1. The minimum atomic E-state index is -0.975. The predicted octanol–water partition coefficient (Wildman–Crippen LogP) is 3.19. The lowest BCUT2D eigenvalue weighted by Gasteiger charge is -2.26. The number of fused-ring (bicyclic) bond motifs is 2.